The zero-order valence-electron chi connectivity index (χ0n) is 15.7. The molecule has 1 aliphatic rings. The van der Waals surface area contributed by atoms with Gasteiger partial charge in [0, 0.05) is 19.5 Å². The van der Waals surface area contributed by atoms with E-state index < -0.39 is 15.8 Å². The fraction of sp³-hybridized carbons (Fsp3) is 0.350. The van der Waals surface area contributed by atoms with Crippen molar-refractivity contribution in [3.63, 3.8) is 0 Å². The van der Waals surface area contributed by atoms with E-state index in [9.17, 15) is 17.6 Å². The summed E-state index contributed by atoms with van der Waals surface area (Å²) < 4.78 is 45.1. The smallest absolute Gasteiger partial charge is 0.236 e. The molecule has 0 unspecified atom stereocenters. The Morgan fingerprint density at radius 2 is 2.04 bits per heavy atom. The number of nitrogens with zero attached hydrogens (tertiary/aromatic N) is 1. The van der Waals surface area contributed by atoms with Crippen molar-refractivity contribution in [2.45, 2.75) is 19.3 Å². The van der Waals surface area contributed by atoms with Gasteiger partial charge in [-0.15, -0.1) is 0 Å². The molecule has 0 saturated heterocycles. The summed E-state index contributed by atoms with van der Waals surface area (Å²) in [5, 5.41) is 2.63. The van der Waals surface area contributed by atoms with Crippen LogP contribution in [0, 0.1) is 5.82 Å². The number of hydrogen-bond acceptors (Lipinski definition) is 4. The van der Waals surface area contributed by atoms with E-state index in [4.69, 9.17) is 4.74 Å². The average molecular weight is 406 g/mol. The lowest BCUT2D eigenvalue weighted by Crippen LogP contribution is -2.37. The zero-order valence-corrected chi connectivity index (χ0v) is 16.5. The summed E-state index contributed by atoms with van der Waals surface area (Å²) in [7, 11) is -2.11. The molecule has 0 spiro atoms. The molecule has 0 aliphatic carbocycles. The van der Waals surface area contributed by atoms with E-state index >= 15 is 0 Å². The summed E-state index contributed by atoms with van der Waals surface area (Å²) in [6.07, 6.45) is 1.21. The van der Waals surface area contributed by atoms with Crippen molar-refractivity contribution in [1.29, 1.82) is 0 Å². The minimum absolute atomic E-state index is 0.0385. The SMILES string of the molecule is COc1ccc(CCC(=O)NCCS(=O)(=O)N2CCc3ccccc32)cc1F. The van der Waals surface area contributed by atoms with Crippen LogP contribution in [-0.2, 0) is 27.7 Å². The van der Waals surface area contributed by atoms with Gasteiger partial charge in [-0.3, -0.25) is 9.10 Å². The molecule has 2 aromatic carbocycles. The molecule has 0 radical (unpaired) electrons. The predicted octanol–water partition coefficient (Wildman–Crippen LogP) is 2.28. The van der Waals surface area contributed by atoms with E-state index in [1.807, 2.05) is 18.2 Å². The van der Waals surface area contributed by atoms with Crippen LogP contribution in [-0.4, -0.2) is 40.3 Å². The molecule has 6 nitrogen and oxygen atoms in total. The van der Waals surface area contributed by atoms with Crippen molar-refractivity contribution in [2.75, 3.05) is 30.3 Å². The van der Waals surface area contributed by atoms with Gasteiger partial charge in [0.05, 0.1) is 18.6 Å². The normalized spacial score (nSPS) is 13.3. The van der Waals surface area contributed by atoms with E-state index in [1.54, 1.807) is 12.1 Å². The van der Waals surface area contributed by atoms with Gasteiger partial charge in [0.1, 0.15) is 0 Å². The molecule has 2 aromatic rings. The van der Waals surface area contributed by atoms with Crippen molar-refractivity contribution in [2.24, 2.45) is 0 Å². The Bertz CT molecular complexity index is 962. The maximum atomic E-state index is 13.7. The highest BCUT2D eigenvalue weighted by Gasteiger charge is 2.28. The summed E-state index contributed by atoms with van der Waals surface area (Å²) in [5.74, 6) is -0.753. The van der Waals surface area contributed by atoms with Crippen molar-refractivity contribution < 1.29 is 22.3 Å². The third kappa shape index (κ3) is 4.62. The molecule has 0 bridgehead atoms. The van der Waals surface area contributed by atoms with Gasteiger partial charge < -0.3 is 10.1 Å². The lowest BCUT2D eigenvalue weighted by atomic mass is 10.1. The second kappa shape index (κ2) is 8.60. The highest BCUT2D eigenvalue weighted by Crippen LogP contribution is 2.29. The molecule has 1 aliphatic heterocycles. The highest BCUT2D eigenvalue weighted by molar-refractivity contribution is 7.92. The Hall–Kier alpha value is -2.61. The molecular weight excluding hydrogens is 383 g/mol. The third-order valence-corrected chi connectivity index (χ3v) is 6.49. The molecule has 1 heterocycles. The van der Waals surface area contributed by atoms with Gasteiger partial charge in [0.15, 0.2) is 11.6 Å². The Morgan fingerprint density at radius 3 is 2.79 bits per heavy atom. The number of aryl methyl sites for hydroxylation is 1. The molecule has 8 heteroatoms. The predicted molar refractivity (Wildman–Crippen MR) is 106 cm³/mol. The number of rotatable bonds is 8. The Labute approximate surface area is 164 Å². The van der Waals surface area contributed by atoms with E-state index in [-0.39, 0.29) is 30.4 Å². The monoisotopic (exact) mass is 406 g/mol. The van der Waals surface area contributed by atoms with Crippen molar-refractivity contribution in [3.8, 4) is 5.75 Å². The maximum Gasteiger partial charge on any atom is 0.236 e. The number of fused-ring (bicyclic) bond motifs is 1. The maximum absolute atomic E-state index is 13.7. The van der Waals surface area contributed by atoms with Gasteiger partial charge in [-0.05, 0) is 42.2 Å². The number of halogens is 1. The summed E-state index contributed by atoms with van der Waals surface area (Å²) >= 11 is 0. The topological polar surface area (TPSA) is 75.7 Å². The Kier molecular flexibility index (Phi) is 6.18. The fourth-order valence-electron chi connectivity index (χ4n) is 3.24. The molecule has 3 rings (SSSR count). The third-order valence-electron chi connectivity index (χ3n) is 4.72. The van der Waals surface area contributed by atoms with Crippen LogP contribution in [0.5, 0.6) is 5.75 Å². The molecular formula is C20H23FN2O4S. The number of benzene rings is 2. The van der Waals surface area contributed by atoms with Crippen molar-refractivity contribution >= 4 is 21.6 Å². The molecule has 28 heavy (non-hydrogen) atoms. The summed E-state index contributed by atoms with van der Waals surface area (Å²) in [4.78, 5) is 12.0. The van der Waals surface area contributed by atoms with Gasteiger partial charge in [-0.2, -0.15) is 0 Å². The molecule has 0 aromatic heterocycles. The minimum atomic E-state index is -3.49. The summed E-state index contributed by atoms with van der Waals surface area (Å²) in [5.41, 5.74) is 2.41. The first-order valence-corrected chi connectivity index (χ1v) is 10.7. The number of carbonyl (C=O) groups is 1. The summed E-state index contributed by atoms with van der Waals surface area (Å²) in [6, 6.07) is 12.0. The first kappa shape index (κ1) is 20.1. The number of hydrogen-bond donors (Lipinski definition) is 1. The van der Waals surface area contributed by atoms with E-state index in [0.29, 0.717) is 24.9 Å². The average Bonchev–Trinajstić information content (AvgIpc) is 3.11. The molecule has 1 amide bonds. The number of anilines is 1. The van der Waals surface area contributed by atoms with Crippen LogP contribution in [0.4, 0.5) is 10.1 Å². The molecule has 0 atom stereocenters. The fourth-order valence-corrected chi connectivity index (χ4v) is 4.67. The number of amides is 1. The Morgan fingerprint density at radius 1 is 1.25 bits per heavy atom. The molecule has 0 saturated carbocycles. The summed E-state index contributed by atoms with van der Waals surface area (Å²) in [6.45, 7) is 0.468. The second-order valence-corrected chi connectivity index (χ2v) is 8.60. The lowest BCUT2D eigenvalue weighted by molar-refractivity contribution is -0.120. The zero-order chi connectivity index (χ0) is 20.1. The molecule has 1 N–H and O–H groups in total. The van der Waals surface area contributed by atoms with Gasteiger partial charge in [-0.25, -0.2) is 12.8 Å². The van der Waals surface area contributed by atoms with E-state index in [0.717, 1.165) is 11.3 Å². The van der Waals surface area contributed by atoms with Gasteiger partial charge in [0.2, 0.25) is 15.9 Å². The molecule has 150 valence electrons. The Balaban J connectivity index is 1.47. The van der Waals surface area contributed by atoms with Crippen molar-refractivity contribution in [3.05, 3.63) is 59.4 Å². The lowest BCUT2D eigenvalue weighted by Gasteiger charge is -2.19. The van der Waals surface area contributed by atoms with Crippen LogP contribution in [0.25, 0.3) is 0 Å². The second-order valence-electron chi connectivity index (χ2n) is 6.59. The van der Waals surface area contributed by atoms with Crippen LogP contribution in [0.1, 0.15) is 17.5 Å². The number of methoxy groups -OCH3 is 1. The van der Waals surface area contributed by atoms with Crippen LogP contribution in [0.15, 0.2) is 42.5 Å². The quantitative estimate of drug-likeness (QED) is 0.730. The van der Waals surface area contributed by atoms with Gasteiger partial charge >= 0.3 is 0 Å². The van der Waals surface area contributed by atoms with Crippen LogP contribution in [0.3, 0.4) is 0 Å². The number of sulfonamides is 1. The first-order chi connectivity index (χ1) is 13.4. The van der Waals surface area contributed by atoms with E-state index in [2.05, 4.69) is 5.32 Å². The van der Waals surface area contributed by atoms with Gasteiger partial charge in [0.25, 0.3) is 0 Å². The first-order valence-electron chi connectivity index (χ1n) is 9.08. The van der Waals surface area contributed by atoms with Crippen molar-refractivity contribution in [1.82, 2.24) is 5.32 Å². The van der Waals surface area contributed by atoms with Gasteiger partial charge in [-0.1, -0.05) is 24.3 Å². The largest absolute Gasteiger partial charge is 0.494 e. The number of para-hydroxylation sites is 1. The number of nitrogens with one attached hydrogen (secondary N) is 1. The van der Waals surface area contributed by atoms with Crippen LogP contribution >= 0.6 is 0 Å². The van der Waals surface area contributed by atoms with Crippen LogP contribution < -0.4 is 14.4 Å². The molecule has 0 fully saturated rings. The number of carbonyl (C=O) groups excluding carboxylic acids is 1. The standard InChI is InChI=1S/C20H23FN2O4S/c1-27-19-8-6-15(14-17(19)21)7-9-20(24)22-11-13-28(25,26)23-12-10-16-4-2-3-5-18(16)23/h2-6,8,14H,7,9-13H2,1H3,(H,22,24). The van der Waals surface area contributed by atoms with Crippen LogP contribution in [0.2, 0.25) is 0 Å². The minimum Gasteiger partial charge on any atom is -0.494 e. The number of ether oxygens (including phenoxy) is 1. The highest BCUT2D eigenvalue weighted by atomic mass is 32.2. The van der Waals surface area contributed by atoms with E-state index in [1.165, 1.54) is 23.5 Å².